The van der Waals surface area contributed by atoms with Crippen LogP contribution in [0.1, 0.15) is 25.9 Å². The molecule has 3 heterocycles. The van der Waals surface area contributed by atoms with Gasteiger partial charge in [-0.05, 0) is 31.3 Å². The highest BCUT2D eigenvalue weighted by Gasteiger charge is 2.20. The Balaban J connectivity index is 1.21. The maximum Gasteiger partial charge on any atom is 0.263 e. The number of H-pyrrole nitrogens is 1. The van der Waals surface area contributed by atoms with Crippen LogP contribution in [0.5, 0.6) is 0 Å². The maximum absolute atomic E-state index is 12.7. The molecule has 2 aromatic heterocycles. The second kappa shape index (κ2) is 9.13. The Morgan fingerprint density at radius 3 is 2.58 bits per heavy atom. The third-order valence-corrected chi connectivity index (χ3v) is 6.80. The molecule has 0 unspecified atom stereocenters. The number of para-hydroxylation sites is 2. The number of aromatic amines is 1. The van der Waals surface area contributed by atoms with E-state index in [4.69, 9.17) is 0 Å². The van der Waals surface area contributed by atoms with E-state index in [1.807, 2.05) is 53.4 Å². The summed E-state index contributed by atoms with van der Waals surface area (Å²) in [5.74, 6) is 0.565. The first-order chi connectivity index (χ1) is 16.1. The number of nitrogens with one attached hydrogen (secondary N) is 2. The first-order valence-electron chi connectivity index (χ1n) is 10.8. The minimum atomic E-state index is -0.193. The number of hydrogen-bond donors (Lipinski definition) is 2. The van der Waals surface area contributed by atoms with Gasteiger partial charge in [-0.3, -0.25) is 9.59 Å². The molecule has 1 saturated heterocycles. The molecule has 8 nitrogen and oxygen atoms in total. The fraction of sp³-hybridized carbons (Fsp3) is 0.250. The fourth-order valence-corrected chi connectivity index (χ4v) is 4.64. The molecule has 0 bridgehead atoms. The standard InChI is InChI=1S/C24H24N6O2S/c1-29-10-12-30(13-11-29)24(32)17-8-6-16(7-9-17)23-26-14-20(33-23)22(31)25-15-21-27-18-4-2-3-5-19(18)28-21/h2-9,14H,10-13,15H2,1H3,(H,25,31)(H,27,28). The first-order valence-corrected chi connectivity index (χ1v) is 11.6. The van der Waals surface area contributed by atoms with Gasteiger partial charge in [0, 0.05) is 37.3 Å². The summed E-state index contributed by atoms with van der Waals surface area (Å²) in [5.41, 5.74) is 3.36. The van der Waals surface area contributed by atoms with Crippen molar-refractivity contribution >= 4 is 34.2 Å². The van der Waals surface area contributed by atoms with Gasteiger partial charge in [0.25, 0.3) is 11.8 Å². The molecule has 4 aromatic rings. The molecule has 1 fully saturated rings. The number of thiazole rings is 1. The summed E-state index contributed by atoms with van der Waals surface area (Å²) in [7, 11) is 2.07. The first kappa shape index (κ1) is 21.3. The largest absolute Gasteiger partial charge is 0.344 e. The van der Waals surface area contributed by atoms with Crippen LogP contribution in [-0.4, -0.2) is 69.8 Å². The van der Waals surface area contributed by atoms with Crippen LogP contribution >= 0.6 is 11.3 Å². The van der Waals surface area contributed by atoms with Gasteiger partial charge in [0.05, 0.1) is 23.8 Å². The molecule has 0 aliphatic carbocycles. The van der Waals surface area contributed by atoms with E-state index in [0.717, 1.165) is 47.8 Å². The second-order valence-electron chi connectivity index (χ2n) is 8.09. The van der Waals surface area contributed by atoms with Crippen LogP contribution in [0.3, 0.4) is 0 Å². The Hall–Kier alpha value is -3.56. The Kier molecular flexibility index (Phi) is 5.89. The average molecular weight is 461 g/mol. The van der Waals surface area contributed by atoms with Crippen LogP contribution in [0.2, 0.25) is 0 Å². The predicted molar refractivity (Wildman–Crippen MR) is 128 cm³/mol. The summed E-state index contributed by atoms with van der Waals surface area (Å²) in [6.07, 6.45) is 1.58. The summed E-state index contributed by atoms with van der Waals surface area (Å²) in [6.45, 7) is 3.59. The molecule has 5 rings (SSSR count). The smallest absolute Gasteiger partial charge is 0.263 e. The molecule has 9 heteroatoms. The number of carbonyl (C=O) groups is 2. The normalized spacial score (nSPS) is 14.5. The Morgan fingerprint density at radius 1 is 1.06 bits per heavy atom. The molecule has 0 saturated carbocycles. The van der Waals surface area contributed by atoms with Crippen molar-refractivity contribution in [1.29, 1.82) is 0 Å². The van der Waals surface area contributed by atoms with Crippen LogP contribution < -0.4 is 5.32 Å². The lowest BCUT2D eigenvalue weighted by atomic mass is 10.1. The van der Waals surface area contributed by atoms with E-state index in [9.17, 15) is 9.59 Å². The van der Waals surface area contributed by atoms with Gasteiger partial charge in [0.1, 0.15) is 15.7 Å². The molecule has 2 N–H and O–H groups in total. The minimum Gasteiger partial charge on any atom is -0.344 e. The molecular weight excluding hydrogens is 436 g/mol. The number of likely N-dealkylation sites (N-methyl/N-ethyl adjacent to an activating group) is 1. The van der Waals surface area contributed by atoms with Crippen LogP contribution in [0.25, 0.3) is 21.6 Å². The van der Waals surface area contributed by atoms with Crippen molar-refractivity contribution in [3.8, 4) is 10.6 Å². The lowest BCUT2D eigenvalue weighted by Gasteiger charge is -2.32. The topological polar surface area (TPSA) is 94.2 Å². The zero-order valence-electron chi connectivity index (χ0n) is 18.2. The van der Waals surface area contributed by atoms with E-state index in [1.165, 1.54) is 11.3 Å². The van der Waals surface area contributed by atoms with Crippen LogP contribution in [0.15, 0.2) is 54.7 Å². The number of aromatic nitrogens is 3. The zero-order chi connectivity index (χ0) is 22.8. The highest BCUT2D eigenvalue weighted by atomic mass is 32.1. The van der Waals surface area contributed by atoms with E-state index < -0.39 is 0 Å². The number of benzene rings is 2. The minimum absolute atomic E-state index is 0.0550. The number of amides is 2. The van der Waals surface area contributed by atoms with Gasteiger partial charge in [-0.15, -0.1) is 11.3 Å². The molecule has 1 aliphatic heterocycles. The molecule has 33 heavy (non-hydrogen) atoms. The highest BCUT2D eigenvalue weighted by molar-refractivity contribution is 7.16. The number of nitrogens with zero attached hydrogens (tertiary/aromatic N) is 4. The summed E-state index contributed by atoms with van der Waals surface area (Å²) >= 11 is 1.32. The summed E-state index contributed by atoms with van der Waals surface area (Å²) in [6, 6.07) is 15.2. The SMILES string of the molecule is CN1CCN(C(=O)c2ccc(-c3ncc(C(=O)NCc4nc5ccccc5[nH]4)s3)cc2)CC1. The maximum atomic E-state index is 12.7. The van der Waals surface area contributed by atoms with Gasteiger partial charge < -0.3 is 20.1 Å². The number of piperazine rings is 1. The predicted octanol–water partition coefficient (Wildman–Crippen LogP) is 3.00. The number of imidazole rings is 1. The summed E-state index contributed by atoms with van der Waals surface area (Å²) < 4.78 is 0. The number of rotatable bonds is 5. The zero-order valence-corrected chi connectivity index (χ0v) is 19.1. The molecule has 0 radical (unpaired) electrons. The molecule has 0 atom stereocenters. The molecule has 2 amide bonds. The van der Waals surface area contributed by atoms with Gasteiger partial charge >= 0.3 is 0 Å². The van der Waals surface area contributed by atoms with Crippen molar-refractivity contribution in [3.05, 3.63) is 71.0 Å². The van der Waals surface area contributed by atoms with Crippen molar-refractivity contribution in [2.45, 2.75) is 6.54 Å². The van der Waals surface area contributed by atoms with Crippen molar-refractivity contribution in [2.75, 3.05) is 33.2 Å². The van der Waals surface area contributed by atoms with Gasteiger partial charge in [0.15, 0.2) is 0 Å². The lowest BCUT2D eigenvalue weighted by Crippen LogP contribution is -2.47. The highest BCUT2D eigenvalue weighted by Crippen LogP contribution is 2.26. The quantitative estimate of drug-likeness (QED) is 0.478. The average Bonchev–Trinajstić information content (AvgIpc) is 3.50. The monoisotopic (exact) mass is 460 g/mol. The summed E-state index contributed by atoms with van der Waals surface area (Å²) in [5, 5.41) is 3.63. The summed E-state index contributed by atoms with van der Waals surface area (Å²) in [4.78, 5) is 42.0. The van der Waals surface area contributed by atoms with Crippen molar-refractivity contribution in [1.82, 2.24) is 30.1 Å². The number of carbonyl (C=O) groups excluding carboxylic acids is 2. The third-order valence-electron chi connectivity index (χ3n) is 5.75. The van der Waals surface area contributed by atoms with E-state index in [2.05, 4.69) is 32.2 Å². The van der Waals surface area contributed by atoms with E-state index in [-0.39, 0.29) is 11.8 Å². The van der Waals surface area contributed by atoms with Crippen LogP contribution in [-0.2, 0) is 6.54 Å². The molecular formula is C24H24N6O2S. The van der Waals surface area contributed by atoms with E-state index in [0.29, 0.717) is 22.8 Å². The molecule has 1 aliphatic rings. The lowest BCUT2D eigenvalue weighted by molar-refractivity contribution is 0.0664. The van der Waals surface area contributed by atoms with Crippen molar-refractivity contribution in [2.24, 2.45) is 0 Å². The van der Waals surface area contributed by atoms with Crippen LogP contribution in [0, 0.1) is 0 Å². The molecule has 0 spiro atoms. The molecule has 2 aromatic carbocycles. The second-order valence-corrected chi connectivity index (χ2v) is 9.12. The van der Waals surface area contributed by atoms with Gasteiger partial charge in [-0.1, -0.05) is 24.3 Å². The van der Waals surface area contributed by atoms with Gasteiger partial charge in [-0.2, -0.15) is 0 Å². The van der Waals surface area contributed by atoms with Crippen molar-refractivity contribution < 1.29 is 9.59 Å². The van der Waals surface area contributed by atoms with Gasteiger partial charge in [0.2, 0.25) is 0 Å². The number of hydrogen-bond acceptors (Lipinski definition) is 6. The van der Waals surface area contributed by atoms with Crippen molar-refractivity contribution in [3.63, 3.8) is 0 Å². The fourth-order valence-electron chi connectivity index (χ4n) is 3.80. The third kappa shape index (κ3) is 4.64. The Morgan fingerprint density at radius 2 is 1.82 bits per heavy atom. The number of fused-ring (bicyclic) bond motifs is 1. The molecule has 168 valence electrons. The van der Waals surface area contributed by atoms with E-state index in [1.54, 1.807) is 6.20 Å². The Labute approximate surface area is 195 Å². The Bertz CT molecular complexity index is 1250. The van der Waals surface area contributed by atoms with Gasteiger partial charge in [-0.25, -0.2) is 9.97 Å². The van der Waals surface area contributed by atoms with Crippen LogP contribution in [0.4, 0.5) is 0 Å². The van der Waals surface area contributed by atoms with E-state index >= 15 is 0 Å².